The van der Waals surface area contributed by atoms with Gasteiger partial charge >= 0.3 is 0 Å². The van der Waals surface area contributed by atoms with E-state index in [4.69, 9.17) is 20.2 Å². The highest BCUT2D eigenvalue weighted by Gasteiger charge is 2.22. The van der Waals surface area contributed by atoms with Gasteiger partial charge in [-0.2, -0.15) is 0 Å². The van der Waals surface area contributed by atoms with E-state index in [2.05, 4.69) is 10.6 Å². The molecule has 0 saturated heterocycles. The van der Waals surface area contributed by atoms with Crippen LogP contribution in [0.25, 0.3) is 33.9 Å². The molecule has 0 unspecified atom stereocenters. The van der Waals surface area contributed by atoms with Crippen LogP contribution in [0.2, 0.25) is 0 Å². The maximum atomic E-state index is 14.0. The molecule has 0 aliphatic heterocycles. The Morgan fingerprint density at radius 3 is 2.07 bits per heavy atom. The van der Waals surface area contributed by atoms with Crippen molar-refractivity contribution in [1.29, 1.82) is 0 Å². The zero-order chi connectivity index (χ0) is 31.6. The van der Waals surface area contributed by atoms with E-state index < -0.39 is 0 Å². The van der Waals surface area contributed by atoms with Crippen molar-refractivity contribution in [2.75, 3.05) is 33.0 Å². The second kappa shape index (κ2) is 15.5. The third-order valence-electron chi connectivity index (χ3n) is 7.42. The first-order chi connectivity index (χ1) is 21.9. The Labute approximate surface area is 262 Å². The van der Waals surface area contributed by atoms with Crippen LogP contribution >= 0.6 is 0 Å². The summed E-state index contributed by atoms with van der Waals surface area (Å²) < 4.78 is 40.8. The number of carbonyl (C=O) groups excluding carboxylic acids is 1. The maximum Gasteiger partial charge on any atom is 0.162 e. The van der Waals surface area contributed by atoms with E-state index in [0.29, 0.717) is 63.6 Å². The van der Waals surface area contributed by atoms with Gasteiger partial charge in [-0.3, -0.25) is 4.79 Å². The second-order valence-electron chi connectivity index (χ2n) is 10.8. The van der Waals surface area contributed by atoms with Gasteiger partial charge in [-0.1, -0.05) is 48.0 Å². The Hall–Kier alpha value is -4.50. The van der Waals surface area contributed by atoms with E-state index >= 15 is 0 Å². The highest BCUT2D eigenvalue weighted by atomic mass is 19.1. The van der Waals surface area contributed by atoms with Crippen LogP contribution in [0.3, 0.4) is 0 Å². The number of rotatable bonds is 15. The van der Waals surface area contributed by atoms with Crippen molar-refractivity contribution in [1.82, 2.24) is 9.55 Å². The predicted octanol–water partition coefficient (Wildman–Crippen LogP) is 7.47. The topological polar surface area (TPSA) is 79.4 Å². The molecule has 0 fully saturated rings. The monoisotopic (exact) mass is 609 g/mol. The molecule has 0 aliphatic rings. The molecule has 0 spiro atoms. The average Bonchev–Trinajstić information content (AvgIpc) is 3.42. The van der Waals surface area contributed by atoms with E-state index in [1.165, 1.54) is 24.3 Å². The van der Waals surface area contributed by atoms with Gasteiger partial charge < -0.3 is 19.8 Å². The van der Waals surface area contributed by atoms with Crippen molar-refractivity contribution in [3.8, 4) is 33.9 Å². The smallest absolute Gasteiger partial charge is 0.162 e. The standard InChI is InChI=1S/C37H37F2N3O3/c1-26-4-2-5-31(24-26)37-41-35(29-11-15-32(38)16-12-29)36(30-13-17-33(39)18-14-30)42(37)25-27-7-9-28(10-8-27)34(43)6-3-20-44-22-23-45-21-19-40/h2,4-5,7-18,24H,3,6,19-23,25,40H2,1H3. The molecule has 45 heavy (non-hydrogen) atoms. The fraction of sp³-hybridized carbons (Fsp3) is 0.243. The number of ketones is 1. The van der Waals surface area contributed by atoms with Crippen LogP contribution in [-0.2, 0) is 16.0 Å². The molecular weight excluding hydrogens is 572 g/mol. The summed E-state index contributed by atoms with van der Waals surface area (Å²) in [6.07, 6.45) is 1.01. The molecule has 0 amide bonds. The molecule has 5 aromatic rings. The number of carbonyl (C=O) groups is 1. The fourth-order valence-electron chi connectivity index (χ4n) is 5.18. The number of imidazole rings is 1. The molecule has 0 atom stereocenters. The molecule has 232 valence electrons. The Kier molecular flexibility index (Phi) is 11.0. The van der Waals surface area contributed by atoms with Gasteiger partial charge in [-0.15, -0.1) is 0 Å². The van der Waals surface area contributed by atoms with Crippen LogP contribution in [0.15, 0.2) is 97.1 Å². The van der Waals surface area contributed by atoms with Gasteiger partial charge in [0.1, 0.15) is 17.5 Å². The molecule has 6 nitrogen and oxygen atoms in total. The highest BCUT2D eigenvalue weighted by Crippen LogP contribution is 2.37. The molecule has 1 heterocycles. The Morgan fingerprint density at radius 2 is 1.42 bits per heavy atom. The lowest BCUT2D eigenvalue weighted by atomic mass is 10.0. The SMILES string of the molecule is Cc1cccc(-c2nc(-c3ccc(F)cc3)c(-c3ccc(F)cc3)n2Cc2ccc(C(=O)CCCOCCOCCN)cc2)c1. The van der Waals surface area contributed by atoms with Gasteiger partial charge in [0.2, 0.25) is 0 Å². The second-order valence-corrected chi connectivity index (χ2v) is 10.8. The quantitative estimate of drug-likeness (QED) is 0.0984. The number of hydrogen-bond donors (Lipinski definition) is 1. The molecule has 2 N–H and O–H groups in total. The number of Topliss-reactive ketones (excluding diaryl/α,β-unsaturated/α-hetero) is 1. The first-order valence-electron chi connectivity index (χ1n) is 15.1. The van der Waals surface area contributed by atoms with E-state index in [-0.39, 0.29) is 17.4 Å². The summed E-state index contributed by atoms with van der Waals surface area (Å²) in [5, 5.41) is 0. The molecule has 0 radical (unpaired) electrons. The molecular formula is C37H37F2N3O3. The normalized spacial score (nSPS) is 11.2. The third kappa shape index (κ3) is 8.36. The predicted molar refractivity (Wildman–Crippen MR) is 173 cm³/mol. The van der Waals surface area contributed by atoms with Gasteiger partial charge in [-0.05, 0) is 73.5 Å². The molecule has 0 bridgehead atoms. The number of halogens is 2. The third-order valence-corrected chi connectivity index (χ3v) is 7.42. The summed E-state index contributed by atoms with van der Waals surface area (Å²) in [5.74, 6) is 0.107. The average molecular weight is 610 g/mol. The van der Waals surface area contributed by atoms with Crippen LogP contribution in [0.5, 0.6) is 0 Å². The van der Waals surface area contributed by atoms with E-state index in [1.54, 1.807) is 24.3 Å². The van der Waals surface area contributed by atoms with E-state index in [1.807, 2.05) is 49.4 Å². The van der Waals surface area contributed by atoms with Gasteiger partial charge in [0.15, 0.2) is 5.78 Å². The van der Waals surface area contributed by atoms with Crippen molar-refractivity contribution >= 4 is 5.78 Å². The Morgan fingerprint density at radius 1 is 0.778 bits per heavy atom. The lowest BCUT2D eigenvalue weighted by Crippen LogP contribution is -2.12. The molecule has 1 aromatic heterocycles. The number of benzene rings is 4. The Balaban J connectivity index is 1.43. The van der Waals surface area contributed by atoms with Crippen LogP contribution in [-0.4, -0.2) is 48.3 Å². The van der Waals surface area contributed by atoms with Crippen LogP contribution in [0, 0.1) is 18.6 Å². The highest BCUT2D eigenvalue weighted by molar-refractivity contribution is 5.96. The number of nitrogens with two attached hydrogens (primary N) is 1. The lowest BCUT2D eigenvalue weighted by molar-refractivity contribution is 0.0489. The minimum atomic E-state index is -0.338. The molecule has 8 heteroatoms. The van der Waals surface area contributed by atoms with Crippen LogP contribution in [0.4, 0.5) is 8.78 Å². The largest absolute Gasteiger partial charge is 0.379 e. The van der Waals surface area contributed by atoms with Crippen molar-refractivity contribution in [3.63, 3.8) is 0 Å². The number of hydrogen-bond acceptors (Lipinski definition) is 5. The van der Waals surface area contributed by atoms with Crippen molar-refractivity contribution in [2.45, 2.75) is 26.3 Å². The summed E-state index contributed by atoms with van der Waals surface area (Å²) in [5.41, 5.74) is 12.0. The number of aryl methyl sites for hydroxylation is 1. The van der Waals surface area contributed by atoms with Crippen molar-refractivity contribution in [3.05, 3.63) is 125 Å². The molecule has 0 saturated carbocycles. The van der Waals surface area contributed by atoms with Gasteiger partial charge in [0, 0.05) is 48.4 Å². The molecule has 5 rings (SSSR count). The fourth-order valence-corrected chi connectivity index (χ4v) is 5.18. The first kappa shape index (κ1) is 31.9. The zero-order valence-electron chi connectivity index (χ0n) is 25.3. The summed E-state index contributed by atoms with van der Waals surface area (Å²) in [6.45, 7) is 4.91. The minimum absolute atomic E-state index is 0.0539. The van der Waals surface area contributed by atoms with Gasteiger partial charge in [0.05, 0.1) is 31.2 Å². The molecule has 0 aliphatic carbocycles. The maximum absolute atomic E-state index is 14.0. The minimum Gasteiger partial charge on any atom is -0.379 e. The summed E-state index contributed by atoms with van der Waals surface area (Å²) in [6, 6.07) is 28.2. The summed E-state index contributed by atoms with van der Waals surface area (Å²) >= 11 is 0. The summed E-state index contributed by atoms with van der Waals surface area (Å²) in [4.78, 5) is 17.9. The van der Waals surface area contributed by atoms with Crippen molar-refractivity contribution < 1.29 is 23.0 Å². The van der Waals surface area contributed by atoms with E-state index in [0.717, 1.165) is 39.3 Å². The zero-order valence-corrected chi connectivity index (χ0v) is 25.3. The number of nitrogens with zero attached hydrogens (tertiary/aromatic N) is 2. The van der Waals surface area contributed by atoms with Gasteiger partial charge in [-0.25, -0.2) is 13.8 Å². The van der Waals surface area contributed by atoms with Crippen LogP contribution in [0.1, 0.15) is 34.3 Å². The van der Waals surface area contributed by atoms with Crippen LogP contribution < -0.4 is 5.73 Å². The number of aromatic nitrogens is 2. The summed E-state index contributed by atoms with van der Waals surface area (Å²) in [7, 11) is 0. The first-order valence-corrected chi connectivity index (χ1v) is 15.1. The number of ether oxygens (including phenoxy) is 2. The van der Waals surface area contributed by atoms with Gasteiger partial charge in [0.25, 0.3) is 0 Å². The lowest BCUT2D eigenvalue weighted by Gasteiger charge is -2.14. The Bertz CT molecular complexity index is 1700. The van der Waals surface area contributed by atoms with E-state index in [9.17, 15) is 13.6 Å². The molecule has 4 aromatic carbocycles. The van der Waals surface area contributed by atoms with Crippen molar-refractivity contribution in [2.24, 2.45) is 5.73 Å².